The molecule has 8 heteroatoms. The fourth-order valence-electron chi connectivity index (χ4n) is 2.88. The summed E-state index contributed by atoms with van der Waals surface area (Å²) < 4.78 is 5.20. The second-order valence-electron chi connectivity index (χ2n) is 7.45. The number of hydrogen-bond acceptors (Lipinski definition) is 4. The van der Waals surface area contributed by atoms with Gasteiger partial charge in [-0.1, -0.05) is 41.4 Å². The molecule has 0 aromatic heterocycles. The van der Waals surface area contributed by atoms with Crippen molar-refractivity contribution in [2.75, 3.05) is 12.9 Å². The van der Waals surface area contributed by atoms with Crippen molar-refractivity contribution < 1.29 is 14.3 Å². The number of hydrogen-bond donors (Lipinski definition) is 1. The van der Waals surface area contributed by atoms with Gasteiger partial charge in [-0.3, -0.25) is 9.59 Å². The van der Waals surface area contributed by atoms with Crippen LogP contribution in [0.25, 0.3) is 0 Å². The van der Waals surface area contributed by atoms with Gasteiger partial charge in [0.25, 0.3) is 0 Å². The monoisotopic (exact) mass is 482 g/mol. The summed E-state index contributed by atoms with van der Waals surface area (Å²) in [4.78, 5) is 27.3. The first-order valence-corrected chi connectivity index (χ1v) is 11.9. The molecule has 2 aromatic rings. The fourth-order valence-corrected chi connectivity index (χ4v) is 4.06. The number of carbonyl (C=O) groups excluding carboxylic acids is 2. The predicted octanol–water partition coefficient (Wildman–Crippen LogP) is 5.18. The molecule has 2 amide bonds. The molecular weight excluding hydrogens is 455 g/mol. The Morgan fingerprint density at radius 1 is 1.03 bits per heavy atom. The lowest BCUT2D eigenvalue weighted by atomic mass is 10.1. The van der Waals surface area contributed by atoms with E-state index in [9.17, 15) is 9.59 Å². The molecule has 1 unspecified atom stereocenters. The molecule has 0 radical (unpaired) electrons. The smallest absolute Gasteiger partial charge is 0.242 e. The van der Waals surface area contributed by atoms with Crippen molar-refractivity contribution >= 4 is 46.8 Å². The van der Waals surface area contributed by atoms with Gasteiger partial charge in [0.1, 0.15) is 11.8 Å². The minimum atomic E-state index is -0.595. The molecule has 1 atom stereocenters. The van der Waals surface area contributed by atoms with Crippen LogP contribution in [0.2, 0.25) is 10.0 Å². The number of methoxy groups -OCH3 is 1. The fraction of sp³-hybridized carbons (Fsp3) is 0.391. The van der Waals surface area contributed by atoms with E-state index in [1.165, 1.54) is 11.8 Å². The van der Waals surface area contributed by atoms with E-state index in [1.54, 1.807) is 31.1 Å². The average molecular weight is 483 g/mol. The maximum Gasteiger partial charge on any atom is 0.242 e. The van der Waals surface area contributed by atoms with Gasteiger partial charge in [-0.2, -0.15) is 0 Å². The Labute approximate surface area is 198 Å². The zero-order valence-corrected chi connectivity index (χ0v) is 20.5. The van der Waals surface area contributed by atoms with Crippen LogP contribution in [-0.2, 0) is 21.9 Å². The highest BCUT2D eigenvalue weighted by Gasteiger charge is 2.26. The van der Waals surface area contributed by atoms with Gasteiger partial charge in [0.2, 0.25) is 11.8 Å². The molecule has 168 valence electrons. The third kappa shape index (κ3) is 7.95. The lowest BCUT2D eigenvalue weighted by Crippen LogP contribution is -2.49. The van der Waals surface area contributed by atoms with E-state index in [4.69, 9.17) is 27.9 Å². The van der Waals surface area contributed by atoms with Crippen LogP contribution in [0.5, 0.6) is 5.75 Å². The van der Waals surface area contributed by atoms with Crippen molar-refractivity contribution in [1.82, 2.24) is 10.2 Å². The van der Waals surface area contributed by atoms with Crippen molar-refractivity contribution in [3.8, 4) is 5.75 Å². The summed E-state index contributed by atoms with van der Waals surface area (Å²) in [7, 11) is 1.61. The van der Waals surface area contributed by atoms with Crippen molar-refractivity contribution in [1.29, 1.82) is 0 Å². The average Bonchev–Trinajstić information content (AvgIpc) is 2.73. The Kier molecular flexibility index (Phi) is 10.0. The van der Waals surface area contributed by atoms with Gasteiger partial charge in [0.05, 0.1) is 22.9 Å². The quantitative estimate of drug-likeness (QED) is 0.506. The summed E-state index contributed by atoms with van der Waals surface area (Å²) >= 11 is 13.5. The normalized spacial score (nSPS) is 11.8. The molecular formula is C23H28Cl2N2O3S. The van der Waals surface area contributed by atoms with Crippen LogP contribution < -0.4 is 10.1 Å². The Morgan fingerprint density at radius 3 is 2.26 bits per heavy atom. The highest BCUT2D eigenvalue weighted by molar-refractivity contribution is 7.99. The van der Waals surface area contributed by atoms with Crippen LogP contribution in [0.15, 0.2) is 42.5 Å². The molecule has 0 saturated carbocycles. The third-order valence-electron chi connectivity index (χ3n) is 4.59. The Bertz CT molecular complexity index is 891. The molecule has 2 aromatic carbocycles. The molecule has 31 heavy (non-hydrogen) atoms. The van der Waals surface area contributed by atoms with Gasteiger partial charge < -0.3 is 15.0 Å². The van der Waals surface area contributed by atoms with Gasteiger partial charge in [-0.25, -0.2) is 0 Å². The third-order valence-corrected chi connectivity index (χ3v) is 6.32. The van der Waals surface area contributed by atoms with Gasteiger partial charge in [0, 0.05) is 18.3 Å². The maximum atomic E-state index is 13.1. The molecule has 0 spiro atoms. The van der Waals surface area contributed by atoms with Crippen molar-refractivity contribution in [3.63, 3.8) is 0 Å². The van der Waals surface area contributed by atoms with Crippen LogP contribution in [-0.4, -0.2) is 41.7 Å². The number of thioether (sulfide) groups is 1. The zero-order valence-electron chi connectivity index (χ0n) is 18.2. The van der Waals surface area contributed by atoms with E-state index in [0.717, 1.165) is 16.9 Å². The summed E-state index contributed by atoms with van der Waals surface area (Å²) in [6.07, 6.45) is 0. The van der Waals surface area contributed by atoms with E-state index in [-0.39, 0.29) is 23.6 Å². The molecule has 0 heterocycles. The summed E-state index contributed by atoms with van der Waals surface area (Å²) in [5.74, 6) is 1.32. The first kappa shape index (κ1) is 25.4. The standard InChI is InChI=1S/C23H28Cl2N2O3S/c1-15(2)26-23(29)16(3)27(12-17-5-8-19(30-4)9-6-17)22(28)14-31-13-18-7-10-20(24)21(25)11-18/h5-11,15-16H,12-14H2,1-4H3,(H,26,29). The topological polar surface area (TPSA) is 58.6 Å². The summed E-state index contributed by atoms with van der Waals surface area (Å²) in [5, 5.41) is 3.88. The second kappa shape index (κ2) is 12.2. The molecule has 2 rings (SSSR count). The molecule has 0 fully saturated rings. The van der Waals surface area contributed by atoms with Gasteiger partial charge in [-0.05, 0) is 56.2 Å². The number of halogens is 2. The van der Waals surface area contributed by atoms with Gasteiger partial charge in [0.15, 0.2) is 0 Å². The molecule has 0 saturated heterocycles. The largest absolute Gasteiger partial charge is 0.497 e. The van der Waals surface area contributed by atoms with Crippen molar-refractivity contribution in [3.05, 3.63) is 63.6 Å². The zero-order chi connectivity index (χ0) is 23.0. The number of benzene rings is 2. The van der Waals surface area contributed by atoms with E-state index in [1.807, 2.05) is 44.2 Å². The van der Waals surface area contributed by atoms with Crippen LogP contribution in [0.1, 0.15) is 31.9 Å². The number of amides is 2. The van der Waals surface area contributed by atoms with Crippen LogP contribution in [0.4, 0.5) is 0 Å². The highest BCUT2D eigenvalue weighted by atomic mass is 35.5. The Balaban J connectivity index is 2.08. The van der Waals surface area contributed by atoms with E-state index < -0.39 is 6.04 Å². The first-order valence-electron chi connectivity index (χ1n) is 9.95. The van der Waals surface area contributed by atoms with Crippen molar-refractivity contribution in [2.45, 2.75) is 45.2 Å². The molecule has 1 N–H and O–H groups in total. The minimum Gasteiger partial charge on any atom is -0.497 e. The van der Waals surface area contributed by atoms with Crippen molar-refractivity contribution in [2.24, 2.45) is 0 Å². The molecule has 5 nitrogen and oxygen atoms in total. The minimum absolute atomic E-state index is 0.00285. The van der Waals surface area contributed by atoms with E-state index in [2.05, 4.69) is 5.32 Å². The lowest BCUT2D eigenvalue weighted by molar-refractivity contribution is -0.138. The molecule has 0 aliphatic carbocycles. The number of rotatable bonds is 10. The molecule has 0 aliphatic heterocycles. The van der Waals surface area contributed by atoms with Crippen LogP contribution in [0, 0.1) is 0 Å². The number of nitrogens with zero attached hydrogens (tertiary/aromatic N) is 1. The molecule has 0 bridgehead atoms. The second-order valence-corrected chi connectivity index (χ2v) is 9.25. The molecule has 0 aliphatic rings. The van der Waals surface area contributed by atoms with E-state index in [0.29, 0.717) is 22.3 Å². The van der Waals surface area contributed by atoms with Crippen LogP contribution in [0.3, 0.4) is 0 Å². The lowest BCUT2D eigenvalue weighted by Gasteiger charge is -2.29. The van der Waals surface area contributed by atoms with Crippen LogP contribution >= 0.6 is 35.0 Å². The highest BCUT2D eigenvalue weighted by Crippen LogP contribution is 2.25. The van der Waals surface area contributed by atoms with Gasteiger partial charge >= 0.3 is 0 Å². The van der Waals surface area contributed by atoms with Gasteiger partial charge in [-0.15, -0.1) is 11.8 Å². The number of carbonyl (C=O) groups is 2. The summed E-state index contributed by atoms with van der Waals surface area (Å²) in [6.45, 7) is 5.88. The predicted molar refractivity (Wildman–Crippen MR) is 129 cm³/mol. The SMILES string of the molecule is COc1ccc(CN(C(=O)CSCc2ccc(Cl)c(Cl)c2)C(C)C(=O)NC(C)C)cc1. The summed E-state index contributed by atoms with van der Waals surface area (Å²) in [5.41, 5.74) is 1.91. The maximum absolute atomic E-state index is 13.1. The Hall–Kier alpha value is -1.89. The van der Waals surface area contributed by atoms with E-state index >= 15 is 0 Å². The summed E-state index contributed by atoms with van der Waals surface area (Å²) in [6, 6.07) is 12.3. The Morgan fingerprint density at radius 2 is 1.68 bits per heavy atom. The number of ether oxygens (including phenoxy) is 1. The number of nitrogens with one attached hydrogen (secondary N) is 1. The first-order chi connectivity index (χ1) is 14.7.